The molecule has 4 aromatic rings. The van der Waals surface area contributed by atoms with Crippen LogP contribution in [-0.4, -0.2) is 11.9 Å². The van der Waals surface area contributed by atoms with Crippen molar-refractivity contribution in [2.24, 2.45) is 5.92 Å². The first kappa shape index (κ1) is 27.0. The summed E-state index contributed by atoms with van der Waals surface area (Å²) in [5, 5.41) is 0. The van der Waals surface area contributed by atoms with E-state index in [9.17, 15) is 9.59 Å². The van der Waals surface area contributed by atoms with E-state index in [1.54, 1.807) is 24.3 Å². The number of benzene rings is 4. The molecular formula is C34H28Br2O4. The molecule has 0 radical (unpaired) electrons. The molecule has 0 aromatic heterocycles. The Kier molecular flexibility index (Phi) is 7.41. The summed E-state index contributed by atoms with van der Waals surface area (Å²) in [5.74, 6) is -0.409. The number of hydrogen-bond donors (Lipinski definition) is 0. The van der Waals surface area contributed by atoms with Crippen LogP contribution in [-0.2, 0) is 9.47 Å². The smallest absolute Gasteiger partial charge is 0.338 e. The second-order valence-corrected chi connectivity index (χ2v) is 12.5. The van der Waals surface area contributed by atoms with Crippen molar-refractivity contribution in [2.45, 2.75) is 44.8 Å². The predicted octanol–water partition coefficient (Wildman–Crippen LogP) is 9.18. The molecule has 0 spiro atoms. The summed E-state index contributed by atoms with van der Waals surface area (Å²) in [6.45, 7) is 4.26. The molecule has 4 aromatic carbocycles. The van der Waals surface area contributed by atoms with E-state index in [4.69, 9.17) is 9.47 Å². The number of fused-ring (bicyclic) bond motifs is 5. The van der Waals surface area contributed by atoms with Gasteiger partial charge in [-0.1, -0.05) is 68.3 Å². The lowest BCUT2D eigenvalue weighted by Gasteiger charge is -2.45. The van der Waals surface area contributed by atoms with Crippen molar-refractivity contribution in [1.82, 2.24) is 0 Å². The van der Waals surface area contributed by atoms with Crippen LogP contribution in [0.5, 0.6) is 0 Å². The quantitative estimate of drug-likeness (QED) is 0.205. The number of rotatable bonds is 4. The second-order valence-electron chi connectivity index (χ2n) is 10.7. The molecule has 40 heavy (non-hydrogen) atoms. The molecule has 4 nitrogen and oxygen atoms in total. The summed E-state index contributed by atoms with van der Waals surface area (Å²) in [4.78, 5) is 26.4. The van der Waals surface area contributed by atoms with Gasteiger partial charge in [0.1, 0.15) is 12.2 Å². The molecular weight excluding hydrogens is 632 g/mol. The van der Waals surface area contributed by atoms with Crippen molar-refractivity contribution in [3.63, 3.8) is 0 Å². The highest BCUT2D eigenvalue weighted by Gasteiger charge is 2.45. The highest BCUT2D eigenvalue weighted by atomic mass is 79.9. The SMILES string of the molecule is Cc1cccc2c1C1c3c(C)cccc3[C@@H](OC(=O)c3ccc(Br)cc3)CC1C[C@@H]2OC(=O)c1ccc(Br)cc1. The van der Waals surface area contributed by atoms with Crippen LogP contribution in [0.4, 0.5) is 0 Å². The van der Waals surface area contributed by atoms with Crippen LogP contribution in [0.1, 0.15) is 85.1 Å². The molecule has 0 aliphatic heterocycles. The van der Waals surface area contributed by atoms with Gasteiger partial charge in [-0.25, -0.2) is 9.59 Å². The average Bonchev–Trinajstić information content (AvgIpc) is 2.94. The van der Waals surface area contributed by atoms with Gasteiger partial charge in [0.2, 0.25) is 0 Å². The molecule has 2 aliphatic carbocycles. The summed E-state index contributed by atoms with van der Waals surface area (Å²) in [7, 11) is 0. The van der Waals surface area contributed by atoms with E-state index in [1.165, 1.54) is 22.3 Å². The molecule has 0 heterocycles. The Labute approximate surface area is 251 Å². The number of carbonyl (C=O) groups excluding carboxylic acids is 2. The molecule has 0 saturated carbocycles. The maximum atomic E-state index is 13.2. The van der Waals surface area contributed by atoms with E-state index in [-0.39, 0.29) is 36.0 Å². The topological polar surface area (TPSA) is 52.6 Å². The van der Waals surface area contributed by atoms with Gasteiger partial charge in [0.05, 0.1) is 11.1 Å². The lowest BCUT2D eigenvalue weighted by Crippen LogP contribution is -2.34. The van der Waals surface area contributed by atoms with Gasteiger partial charge < -0.3 is 9.47 Å². The Morgan fingerprint density at radius 3 is 1.43 bits per heavy atom. The molecule has 0 unspecified atom stereocenters. The fourth-order valence-corrected chi connectivity index (χ4v) is 6.92. The summed E-state index contributed by atoms with van der Waals surface area (Å²) >= 11 is 6.86. The molecule has 2 atom stereocenters. The monoisotopic (exact) mass is 658 g/mol. The number of halogens is 2. The standard InChI is InChI=1S/C34H28Br2O4/c1-19-5-3-7-26-28(39-33(37)21-9-13-24(35)14-10-21)17-23-18-29(40-34(38)22-11-15-25(36)16-12-22)27-8-4-6-20(2)31(27)32(23)30(19)26/h3-16,23,28-29,32H,17-18H2,1-2H3/t23?,28-,29-,32?/m0/s1. The minimum Gasteiger partial charge on any atom is -0.454 e. The molecule has 2 aliphatic rings. The second kappa shape index (κ2) is 11.0. The molecule has 0 fully saturated rings. The fourth-order valence-electron chi connectivity index (χ4n) is 6.40. The minimum atomic E-state index is -0.388. The highest BCUT2D eigenvalue weighted by Crippen LogP contribution is 2.56. The van der Waals surface area contributed by atoms with Gasteiger partial charge in [0.25, 0.3) is 0 Å². The van der Waals surface area contributed by atoms with Gasteiger partial charge in [-0.2, -0.15) is 0 Å². The van der Waals surface area contributed by atoms with Gasteiger partial charge >= 0.3 is 11.9 Å². The Morgan fingerprint density at radius 1 is 0.625 bits per heavy atom. The minimum absolute atomic E-state index is 0.132. The third-order valence-electron chi connectivity index (χ3n) is 8.19. The first-order valence-electron chi connectivity index (χ1n) is 13.4. The van der Waals surface area contributed by atoms with Crippen molar-refractivity contribution in [3.05, 3.63) is 138 Å². The number of aryl methyl sites for hydroxylation is 2. The van der Waals surface area contributed by atoms with Gasteiger partial charge in [0.15, 0.2) is 0 Å². The Morgan fingerprint density at radius 2 is 1.02 bits per heavy atom. The number of ether oxygens (including phenoxy) is 2. The number of hydrogen-bond acceptors (Lipinski definition) is 4. The summed E-state index contributed by atoms with van der Waals surface area (Å²) < 4.78 is 14.2. The lowest BCUT2D eigenvalue weighted by molar-refractivity contribution is 0.00378. The van der Waals surface area contributed by atoms with E-state index in [0.29, 0.717) is 24.0 Å². The molecule has 6 rings (SSSR count). The fraction of sp³-hybridized carbons (Fsp3) is 0.235. The van der Waals surface area contributed by atoms with Gasteiger partial charge in [-0.15, -0.1) is 0 Å². The highest BCUT2D eigenvalue weighted by molar-refractivity contribution is 9.10. The van der Waals surface area contributed by atoms with E-state index >= 15 is 0 Å². The van der Waals surface area contributed by atoms with Crippen LogP contribution < -0.4 is 0 Å². The Balaban J connectivity index is 1.38. The Bertz CT molecular complexity index is 1470. The largest absolute Gasteiger partial charge is 0.454 e. The Hall–Kier alpha value is -3.22. The van der Waals surface area contributed by atoms with Crippen molar-refractivity contribution in [3.8, 4) is 0 Å². The maximum Gasteiger partial charge on any atom is 0.338 e. The van der Waals surface area contributed by atoms with Crippen LogP contribution in [0.25, 0.3) is 0 Å². The average molecular weight is 660 g/mol. The van der Waals surface area contributed by atoms with Crippen LogP contribution in [0, 0.1) is 19.8 Å². The van der Waals surface area contributed by atoms with Crippen molar-refractivity contribution >= 4 is 43.8 Å². The first-order valence-corrected chi connectivity index (χ1v) is 15.0. The third-order valence-corrected chi connectivity index (χ3v) is 9.25. The van der Waals surface area contributed by atoms with Crippen LogP contribution >= 0.6 is 31.9 Å². The maximum absolute atomic E-state index is 13.2. The summed E-state index contributed by atoms with van der Waals surface area (Å²) in [6.07, 6.45) is 0.536. The molecule has 0 N–H and O–H groups in total. The number of esters is 2. The summed E-state index contributed by atoms with van der Waals surface area (Å²) in [5.41, 5.74) is 7.96. The van der Waals surface area contributed by atoms with Crippen LogP contribution in [0.15, 0.2) is 93.9 Å². The predicted molar refractivity (Wildman–Crippen MR) is 162 cm³/mol. The van der Waals surface area contributed by atoms with E-state index in [1.807, 2.05) is 36.4 Å². The van der Waals surface area contributed by atoms with E-state index in [2.05, 4.69) is 70.0 Å². The van der Waals surface area contributed by atoms with Crippen LogP contribution in [0.2, 0.25) is 0 Å². The molecule has 6 heteroatoms. The molecule has 0 amide bonds. The van der Waals surface area contributed by atoms with E-state index < -0.39 is 0 Å². The van der Waals surface area contributed by atoms with Gasteiger partial charge in [-0.3, -0.25) is 0 Å². The third kappa shape index (κ3) is 5.04. The van der Waals surface area contributed by atoms with Gasteiger partial charge in [-0.05, 0) is 115 Å². The zero-order chi connectivity index (χ0) is 28.0. The normalized spacial score (nSPS) is 21.0. The number of carbonyl (C=O) groups is 2. The van der Waals surface area contributed by atoms with Crippen molar-refractivity contribution in [1.29, 1.82) is 0 Å². The first-order chi connectivity index (χ1) is 19.3. The lowest BCUT2D eigenvalue weighted by atomic mass is 9.62. The van der Waals surface area contributed by atoms with E-state index in [0.717, 1.165) is 20.1 Å². The van der Waals surface area contributed by atoms with Gasteiger partial charge in [0, 0.05) is 14.9 Å². The zero-order valence-corrected chi connectivity index (χ0v) is 25.4. The van der Waals surface area contributed by atoms with Crippen LogP contribution in [0.3, 0.4) is 0 Å². The molecule has 0 saturated heterocycles. The van der Waals surface area contributed by atoms with Crippen molar-refractivity contribution < 1.29 is 19.1 Å². The molecule has 202 valence electrons. The van der Waals surface area contributed by atoms with Crippen molar-refractivity contribution in [2.75, 3.05) is 0 Å². The molecule has 0 bridgehead atoms. The zero-order valence-electron chi connectivity index (χ0n) is 22.2. The summed E-state index contributed by atoms with van der Waals surface area (Å²) in [6, 6.07) is 27.0.